The lowest BCUT2D eigenvalue weighted by atomic mass is 10.2. The molecule has 0 saturated heterocycles. The first kappa shape index (κ1) is 20.8. The van der Waals surface area contributed by atoms with Crippen molar-refractivity contribution in [1.82, 2.24) is 15.2 Å². The van der Waals surface area contributed by atoms with Crippen LogP contribution < -0.4 is 14.8 Å². The molecule has 8 heteroatoms. The van der Waals surface area contributed by atoms with E-state index in [0.717, 1.165) is 47.5 Å². The molecule has 0 spiro atoms. The molecule has 0 unspecified atom stereocenters. The Morgan fingerprint density at radius 2 is 2.12 bits per heavy atom. The minimum Gasteiger partial charge on any atom is -0.454 e. The van der Waals surface area contributed by atoms with Crippen LogP contribution in [0.2, 0.25) is 0 Å². The van der Waals surface area contributed by atoms with Crippen molar-refractivity contribution < 1.29 is 9.47 Å². The van der Waals surface area contributed by atoms with Gasteiger partial charge in [0.25, 0.3) is 0 Å². The molecule has 6 nitrogen and oxygen atoms in total. The average molecular weight is 488 g/mol. The topological polar surface area (TPSA) is 59.0 Å². The van der Waals surface area contributed by atoms with E-state index in [1.54, 1.807) is 11.3 Å². The summed E-state index contributed by atoms with van der Waals surface area (Å²) in [6.07, 6.45) is 2.96. The monoisotopic (exact) mass is 488 g/mol. The van der Waals surface area contributed by atoms with E-state index in [0.29, 0.717) is 13.3 Å². The molecule has 1 N–H and O–H groups in total. The van der Waals surface area contributed by atoms with E-state index in [-0.39, 0.29) is 24.0 Å². The summed E-state index contributed by atoms with van der Waals surface area (Å²) in [5, 5.41) is 4.39. The molecule has 2 heterocycles. The van der Waals surface area contributed by atoms with Gasteiger partial charge in [-0.05, 0) is 31.0 Å². The van der Waals surface area contributed by atoms with Crippen LogP contribution in [0.3, 0.4) is 0 Å². The minimum atomic E-state index is 0. The number of aliphatic imine (C=N–C) groups is 1. The lowest BCUT2D eigenvalue weighted by Crippen LogP contribution is -2.38. The van der Waals surface area contributed by atoms with E-state index in [1.807, 2.05) is 25.4 Å². The first-order valence-corrected chi connectivity index (χ1v) is 9.32. The summed E-state index contributed by atoms with van der Waals surface area (Å²) in [6, 6.07) is 6.04. The predicted octanol–water partition coefficient (Wildman–Crippen LogP) is 3.65. The zero-order valence-electron chi connectivity index (χ0n) is 15.3. The lowest BCUT2D eigenvalue weighted by Gasteiger charge is -2.22. The summed E-state index contributed by atoms with van der Waals surface area (Å²) in [7, 11) is 2.03. The molecule has 0 fully saturated rings. The predicted molar refractivity (Wildman–Crippen MR) is 116 cm³/mol. The van der Waals surface area contributed by atoms with Crippen molar-refractivity contribution in [1.29, 1.82) is 0 Å². The largest absolute Gasteiger partial charge is 0.454 e. The molecule has 1 aliphatic rings. The number of hydrogen-bond donors (Lipinski definition) is 1. The Balaban J connectivity index is 0.00000243. The molecule has 0 atom stereocenters. The lowest BCUT2D eigenvalue weighted by molar-refractivity contribution is 0.174. The molecule has 26 heavy (non-hydrogen) atoms. The Hall–Kier alpha value is -1.55. The highest BCUT2D eigenvalue weighted by Gasteiger charge is 2.14. The summed E-state index contributed by atoms with van der Waals surface area (Å²) in [4.78, 5) is 12.6. The number of aryl methyl sites for hydroxylation is 1. The summed E-state index contributed by atoms with van der Waals surface area (Å²) in [5.74, 6) is 2.48. The fraction of sp³-hybridized carbons (Fsp3) is 0.444. The van der Waals surface area contributed by atoms with Crippen LogP contribution in [-0.2, 0) is 19.5 Å². The van der Waals surface area contributed by atoms with Crippen molar-refractivity contribution in [2.45, 2.75) is 33.4 Å². The Morgan fingerprint density at radius 3 is 2.85 bits per heavy atom. The number of hydrogen-bond acceptors (Lipinski definition) is 5. The average Bonchev–Trinajstić information content (AvgIpc) is 3.26. The number of nitrogens with zero attached hydrogens (tertiary/aromatic N) is 3. The van der Waals surface area contributed by atoms with Gasteiger partial charge < -0.3 is 19.7 Å². The molecular formula is C18H25IN4O2S. The third kappa shape index (κ3) is 5.23. The summed E-state index contributed by atoms with van der Waals surface area (Å²) < 4.78 is 10.8. The van der Waals surface area contributed by atoms with Crippen LogP contribution >= 0.6 is 35.3 Å². The van der Waals surface area contributed by atoms with E-state index >= 15 is 0 Å². The molecule has 0 bridgehead atoms. The summed E-state index contributed by atoms with van der Waals surface area (Å²) in [5.41, 5.74) is 1.15. The first-order valence-electron chi connectivity index (χ1n) is 8.51. The third-order valence-electron chi connectivity index (χ3n) is 3.87. The van der Waals surface area contributed by atoms with Crippen LogP contribution in [0.1, 0.15) is 29.3 Å². The maximum absolute atomic E-state index is 5.45. The van der Waals surface area contributed by atoms with E-state index in [9.17, 15) is 0 Å². The van der Waals surface area contributed by atoms with Crippen molar-refractivity contribution in [3.63, 3.8) is 0 Å². The van der Waals surface area contributed by atoms with Crippen LogP contribution in [0.4, 0.5) is 0 Å². The molecule has 0 amide bonds. The third-order valence-corrected chi connectivity index (χ3v) is 4.99. The number of ether oxygens (including phenoxy) is 2. The number of guanidine groups is 1. The van der Waals surface area contributed by atoms with E-state index < -0.39 is 0 Å². The Morgan fingerprint density at radius 1 is 1.31 bits per heavy atom. The van der Waals surface area contributed by atoms with Gasteiger partial charge in [-0.3, -0.25) is 0 Å². The minimum absolute atomic E-state index is 0. The highest BCUT2D eigenvalue weighted by Crippen LogP contribution is 2.32. The van der Waals surface area contributed by atoms with E-state index in [1.165, 1.54) is 4.88 Å². The molecule has 0 saturated carbocycles. The fourth-order valence-corrected chi connectivity index (χ4v) is 3.37. The Kier molecular flexibility index (Phi) is 7.95. The van der Waals surface area contributed by atoms with Gasteiger partial charge in [-0.15, -0.1) is 35.3 Å². The normalized spacial score (nSPS) is 12.7. The van der Waals surface area contributed by atoms with Gasteiger partial charge in [0.05, 0.1) is 6.54 Å². The van der Waals surface area contributed by atoms with E-state index in [2.05, 4.69) is 35.1 Å². The van der Waals surface area contributed by atoms with Gasteiger partial charge in [0.2, 0.25) is 6.79 Å². The Bertz CT molecular complexity index is 751. The molecule has 2 aromatic rings. The van der Waals surface area contributed by atoms with Crippen molar-refractivity contribution in [2.75, 3.05) is 20.4 Å². The van der Waals surface area contributed by atoms with Gasteiger partial charge in [0.15, 0.2) is 17.5 Å². The van der Waals surface area contributed by atoms with E-state index in [4.69, 9.17) is 14.5 Å². The fourth-order valence-electron chi connectivity index (χ4n) is 2.58. The SMILES string of the molecule is CCNC(=NCc1ncc(CC)s1)N(C)Cc1ccc2c(c1)OCO2.I. The smallest absolute Gasteiger partial charge is 0.231 e. The van der Waals surface area contributed by atoms with Crippen LogP contribution in [0.5, 0.6) is 11.5 Å². The number of fused-ring (bicyclic) bond motifs is 1. The van der Waals surface area contributed by atoms with Crippen molar-refractivity contribution in [2.24, 2.45) is 4.99 Å². The zero-order valence-corrected chi connectivity index (χ0v) is 18.5. The standard InChI is InChI=1S/C18H24N4O2S.HI/c1-4-14-9-20-17(25-14)10-21-18(19-5-2)22(3)11-13-6-7-15-16(8-13)24-12-23-15;/h6-9H,4-5,10-12H2,1-3H3,(H,19,21);1H. The second-order valence-corrected chi connectivity index (χ2v) is 6.99. The Labute approximate surface area is 175 Å². The maximum atomic E-state index is 5.45. The molecule has 3 rings (SSSR count). The van der Waals surface area contributed by atoms with Crippen LogP contribution in [0.15, 0.2) is 29.4 Å². The van der Waals surface area contributed by atoms with Crippen LogP contribution in [0.25, 0.3) is 0 Å². The van der Waals surface area contributed by atoms with Gasteiger partial charge in [0, 0.05) is 31.2 Å². The van der Waals surface area contributed by atoms with Crippen molar-refractivity contribution >= 4 is 41.3 Å². The van der Waals surface area contributed by atoms with Gasteiger partial charge in [-0.25, -0.2) is 9.98 Å². The van der Waals surface area contributed by atoms with Gasteiger partial charge >= 0.3 is 0 Å². The number of benzene rings is 1. The summed E-state index contributed by atoms with van der Waals surface area (Å²) in [6.45, 7) is 6.67. The molecule has 1 aromatic heterocycles. The van der Waals surface area contributed by atoms with Crippen molar-refractivity contribution in [3.05, 3.63) is 39.8 Å². The molecule has 0 aliphatic carbocycles. The number of aromatic nitrogens is 1. The quantitative estimate of drug-likeness (QED) is 0.382. The molecule has 1 aromatic carbocycles. The molecular weight excluding hydrogens is 463 g/mol. The molecule has 142 valence electrons. The van der Waals surface area contributed by atoms with Gasteiger partial charge in [0.1, 0.15) is 5.01 Å². The second kappa shape index (κ2) is 9.96. The highest BCUT2D eigenvalue weighted by molar-refractivity contribution is 14.0. The van der Waals surface area contributed by atoms with Crippen LogP contribution in [0, 0.1) is 0 Å². The summed E-state index contributed by atoms with van der Waals surface area (Å²) >= 11 is 1.73. The zero-order chi connectivity index (χ0) is 17.6. The molecule has 0 radical (unpaired) electrons. The van der Waals surface area contributed by atoms with Gasteiger partial charge in [-0.2, -0.15) is 0 Å². The number of thiazole rings is 1. The number of nitrogens with one attached hydrogen (secondary N) is 1. The maximum Gasteiger partial charge on any atom is 0.231 e. The second-order valence-electron chi connectivity index (χ2n) is 5.79. The number of rotatable bonds is 6. The highest BCUT2D eigenvalue weighted by atomic mass is 127. The first-order chi connectivity index (χ1) is 12.2. The molecule has 1 aliphatic heterocycles. The van der Waals surface area contributed by atoms with Gasteiger partial charge in [-0.1, -0.05) is 13.0 Å². The van der Waals surface area contributed by atoms with Crippen molar-refractivity contribution in [3.8, 4) is 11.5 Å². The number of halogens is 1. The van der Waals surface area contributed by atoms with Crippen LogP contribution in [-0.4, -0.2) is 36.2 Å².